The van der Waals surface area contributed by atoms with Crippen LogP contribution < -0.4 is 5.32 Å². The molecule has 4 nitrogen and oxygen atoms in total. The molecule has 7 heteroatoms. The van der Waals surface area contributed by atoms with Crippen LogP contribution in [0.5, 0.6) is 0 Å². The Morgan fingerprint density at radius 1 is 1.21 bits per heavy atom. The van der Waals surface area contributed by atoms with Gasteiger partial charge in [0, 0.05) is 22.2 Å². The third-order valence-corrected chi connectivity index (χ3v) is 5.78. The molecule has 28 heavy (non-hydrogen) atoms. The summed E-state index contributed by atoms with van der Waals surface area (Å²) in [5.74, 6) is 0.533. The van der Waals surface area contributed by atoms with Gasteiger partial charge in [0.05, 0.1) is 22.9 Å². The summed E-state index contributed by atoms with van der Waals surface area (Å²) in [6.07, 6.45) is 0.880. The lowest BCUT2D eigenvalue weighted by Gasteiger charge is -2.12. The van der Waals surface area contributed by atoms with E-state index in [0.717, 1.165) is 33.4 Å². The highest BCUT2D eigenvalue weighted by molar-refractivity contribution is 8.08. The van der Waals surface area contributed by atoms with Gasteiger partial charge in [-0.2, -0.15) is 0 Å². The van der Waals surface area contributed by atoms with E-state index in [0.29, 0.717) is 10.6 Å². The lowest BCUT2D eigenvalue weighted by atomic mass is 10.1. The Hall–Kier alpha value is -1.79. The fraction of sp³-hybridized carbons (Fsp3) is 0.238. The molecule has 0 saturated carbocycles. The second kappa shape index (κ2) is 11.3. The van der Waals surface area contributed by atoms with E-state index in [1.54, 1.807) is 23.9 Å². The first kappa shape index (κ1) is 22.5. The van der Waals surface area contributed by atoms with Gasteiger partial charge in [-0.15, -0.1) is 11.8 Å². The quantitative estimate of drug-likeness (QED) is 0.538. The van der Waals surface area contributed by atoms with Gasteiger partial charge in [-0.3, -0.25) is 9.79 Å². The molecule has 2 rings (SSSR count). The van der Waals surface area contributed by atoms with Gasteiger partial charge in [-0.25, -0.2) is 0 Å². The van der Waals surface area contributed by atoms with E-state index >= 15 is 0 Å². The number of allylic oxidation sites excluding steroid dienone is 1. The van der Waals surface area contributed by atoms with Crippen molar-refractivity contribution in [3.8, 4) is 0 Å². The van der Waals surface area contributed by atoms with Crippen LogP contribution in [0.1, 0.15) is 28.4 Å². The second-order valence-electron chi connectivity index (χ2n) is 5.97. The average molecular weight is 437 g/mol. The zero-order valence-corrected chi connectivity index (χ0v) is 17.9. The van der Waals surface area contributed by atoms with Gasteiger partial charge in [0.15, 0.2) is 0 Å². The van der Waals surface area contributed by atoms with Crippen LogP contribution in [0.25, 0.3) is 4.91 Å². The van der Waals surface area contributed by atoms with Crippen molar-refractivity contribution >= 4 is 52.5 Å². The Morgan fingerprint density at radius 2 is 1.93 bits per heavy atom. The molecule has 0 bridgehead atoms. The van der Waals surface area contributed by atoms with Crippen molar-refractivity contribution in [3.63, 3.8) is 0 Å². The fourth-order valence-electron chi connectivity index (χ4n) is 2.50. The molecule has 2 aromatic carbocycles. The van der Waals surface area contributed by atoms with Gasteiger partial charge in [0.2, 0.25) is 0 Å². The minimum Gasteiger partial charge on any atom is -0.395 e. The molecule has 0 radical (unpaired) electrons. The molecule has 1 amide bonds. The van der Waals surface area contributed by atoms with Crippen LogP contribution in [-0.4, -0.2) is 36.6 Å². The number of thioether (sulfide) groups is 1. The number of aryl methyl sites for hydroxylation is 1. The Labute approximate surface area is 179 Å². The number of halogens is 2. The minimum atomic E-state index is -0.315. The van der Waals surface area contributed by atoms with Crippen molar-refractivity contribution in [1.29, 1.82) is 0 Å². The summed E-state index contributed by atoms with van der Waals surface area (Å²) < 4.78 is 0. The molecule has 0 fully saturated rings. The van der Waals surface area contributed by atoms with Gasteiger partial charge in [-0.05, 0) is 55.5 Å². The molecule has 2 aromatic rings. The van der Waals surface area contributed by atoms with Crippen molar-refractivity contribution < 1.29 is 9.90 Å². The van der Waals surface area contributed by atoms with Crippen molar-refractivity contribution in [1.82, 2.24) is 5.32 Å². The summed E-state index contributed by atoms with van der Waals surface area (Å²) in [5, 5.41) is 12.5. The molecule has 2 N–H and O–H groups in total. The van der Waals surface area contributed by atoms with Crippen molar-refractivity contribution in [2.75, 3.05) is 18.9 Å². The van der Waals surface area contributed by atoms with Crippen LogP contribution in [0, 0.1) is 0 Å². The number of nitrogens with one attached hydrogen (secondary N) is 1. The summed E-state index contributed by atoms with van der Waals surface area (Å²) in [5.41, 5.74) is 3.26. The Balaban J connectivity index is 2.14. The van der Waals surface area contributed by atoms with E-state index in [1.807, 2.05) is 37.3 Å². The molecule has 0 aliphatic rings. The van der Waals surface area contributed by atoms with Gasteiger partial charge in [0.1, 0.15) is 0 Å². The number of amides is 1. The van der Waals surface area contributed by atoms with Crippen molar-refractivity contribution in [3.05, 3.63) is 74.9 Å². The van der Waals surface area contributed by atoms with Crippen molar-refractivity contribution in [2.45, 2.75) is 13.3 Å². The second-order valence-corrected chi connectivity index (χ2v) is 7.92. The maximum atomic E-state index is 12.1. The normalized spacial score (nSPS) is 11.7. The number of aliphatic imine (C=N–C) groups is 1. The van der Waals surface area contributed by atoms with Crippen LogP contribution in [0.3, 0.4) is 0 Å². The van der Waals surface area contributed by atoms with Crippen LogP contribution >= 0.6 is 35.0 Å². The summed E-state index contributed by atoms with van der Waals surface area (Å²) >= 11 is 13.9. The number of aliphatic hydroxyl groups is 1. The maximum absolute atomic E-state index is 12.1. The van der Waals surface area contributed by atoms with E-state index in [-0.39, 0.29) is 19.1 Å². The number of hydrogen-bond acceptors (Lipinski definition) is 4. The van der Waals surface area contributed by atoms with Crippen LogP contribution in [0.2, 0.25) is 10.0 Å². The van der Waals surface area contributed by atoms with Crippen LogP contribution in [0.4, 0.5) is 0 Å². The van der Waals surface area contributed by atoms with Gasteiger partial charge in [-0.1, -0.05) is 41.4 Å². The number of carbonyl (C=O) groups excluding carboxylic acids is 1. The zero-order valence-electron chi connectivity index (χ0n) is 15.5. The van der Waals surface area contributed by atoms with Gasteiger partial charge >= 0.3 is 0 Å². The average Bonchev–Trinajstić information content (AvgIpc) is 2.70. The molecular formula is C21H22Cl2N2O2S. The topological polar surface area (TPSA) is 61.7 Å². The first-order valence-corrected chi connectivity index (χ1v) is 10.4. The largest absolute Gasteiger partial charge is 0.395 e. The number of aliphatic hydroxyl groups excluding tert-OH is 1. The van der Waals surface area contributed by atoms with E-state index in [1.165, 1.54) is 5.56 Å². The number of nitrogens with zero attached hydrogens (tertiary/aromatic N) is 1. The molecule has 148 valence electrons. The first-order chi connectivity index (χ1) is 13.5. The first-order valence-electron chi connectivity index (χ1n) is 8.70. The summed E-state index contributed by atoms with van der Waals surface area (Å²) in [6.45, 7) is 5.58. The Morgan fingerprint density at radius 3 is 2.54 bits per heavy atom. The van der Waals surface area contributed by atoms with Crippen LogP contribution in [-0.2, 0) is 6.42 Å². The number of benzene rings is 2. The van der Waals surface area contributed by atoms with Crippen molar-refractivity contribution in [2.24, 2.45) is 4.99 Å². The highest BCUT2D eigenvalue weighted by Crippen LogP contribution is 2.34. The molecule has 0 aromatic heterocycles. The molecule has 0 aliphatic heterocycles. The summed E-state index contributed by atoms with van der Waals surface area (Å²) in [6, 6.07) is 13.1. The Kier molecular flexibility index (Phi) is 9.06. The maximum Gasteiger partial charge on any atom is 0.252 e. The van der Waals surface area contributed by atoms with E-state index in [2.05, 4.69) is 17.0 Å². The number of rotatable bonds is 9. The highest BCUT2D eigenvalue weighted by atomic mass is 35.5. The highest BCUT2D eigenvalue weighted by Gasteiger charge is 2.14. The van der Waals surface area contributed by atoms with Gasteiger partial charge in [0.25, 0.3) is 5.91 Å². The summed E-state index contributed by atoms with van der Waals surface area (Å²) in [4.78, 5) is 17.1. The SMILES string of the molecule is C=N/C(C)=C(\SCCc1ccc(Cl)cc1)c1ccc(C(=O)NCCO)c(Cl)c1. The van der Waals surface area contributed by atoms with E-state index in [4.69, 9.17) is 28.3 Å². The molecular weight excluding hydrogens is 415 g/mol. The zero-order chi connectivity index (χ0) is 20.5. The third kappa shape index (κ3) is 6.38. The predicted molar refractivity (Wildman–Crippen MR) is 121 cm³/mol. The Bertz CT molecular complexity index is 867. The minimum absolute atomic E-state index is 0.122. The fourth-order valence-corrected chi connectivity index (χ4v) is 4.00. The van der Waals surface area contributed by atoms with Crippen LogP contribution in [0.15, 0.2) is 53.2 Å². The molecule has 0 unspecified atom stereocenters. The monoisotopic (exact) mass is 436 g/mol. The molecule has 0 atom stereocenters. The third-order valence-electron chi connectivity index (χ3n) is 3.99. The van der Waals surface area contributed by atoms with E-state index in [9.17, 15) is 4.79 Å². The molecule has 0 saturated heterocycles. The predicted octanol–water partition coefficient (Wildman–Crippen LogP) is 5.08. The standard InChI is InChI=1S/C21H22Cl2N2O2S/c1-14(24-2)20(28-12-9-15-3-6-17(22)7-4-15)16-5-8-18(19(23)13-16)21(27)25-10-11-26/h3-8,13,26H,2,9-12H2,1H3,(H,25,27)/b20-14-. The lowest BCUT2D eigenvalue weighted by molar-refractivity contribution is 0.0945. The number of hydrogen-bond donors (Lipinski definition) is 2. The smallest absolute Gasteiger partial charge is 0.252 e. The molecule has 0 heterocycles. The van der Waals surface area contributed by atoms with Gasteiger partial charge < -0.3 is 10.4 Å². The van der Waals surface area contributed by atoms with E-state index < -0.39 is 0 Å². The lowest BCUT2D eigenvalue weighted by Crippen LogP contribution is -2.26. The molecule has 0 spiro atoms. The molecule has 0 aliphatic carbocycles. The summed E-state index contributed by atoms with van der Waals surface area (Å²) in [7, 11) is 0. The number of carbonyl (C=O) groups is 1.